The fraction of sp³-hybridized carbons (Fsp3) is 0.400. The molecule has 0 rings (SSSR count). The first kappa shape index (κ1) is 14.2. The molecular formula is C10H14O6. The number of hydrogen-bond acceptors (Lipinski definition) is 6. The van der Waals surface area contributed by atoms with Crippen LogP contribution in [0.5, 0.6) is 0 Å². The minimum Gasteiger partial charge on any atom is -0.459 e. The van der Waals surface area contributed by atoms with Crippen LogP contribution in [-0.2, 0) is 19.0 Å². The average molecular weight is 230 g/mol. The summed E-state index contributed by atoms with van der Waals surface area (Å²) in [5.74, 6) is -0.618. The summed E-state index contributed by atoms with van der Waals surface area (Å²) in [6, 6.07) is 0. The van der Waals surface area contributed by atoms with Crippen LogP contribution in [0.25, 0.3) is 0 Å². The van der Waals surface area contributed by atoms with E-state index in [9.17, 15) is 14.7 Å². The lowest BCUT2D eigenvalue weighted by atomic mass is 10.3. The van der Waals surface area contributed by atoms with Gasteiger partial charge < -0.3 is 19.3 Å². The Bertz CT molecular complexity index is 283. The van der Waals surface area contributed by atoms with Crippen molar-refractivity contribution in [1.29, 1.82) is 0 Å². The van der Waals surface area contributed by atoms with Crippen molar-refractivity contribution in [2.75, 3.05) is 13.2 Å². The number of hydrogen-bond donors (Lipinski definition) is 1. The quantitative estimate of drug-likeness (QED) is 0.412. The Labute approximate surface area is 93.1 Å². The summed E-state index contributed by atoms with van der Waals surface area (Å²) in [5.41, 5.74) is 0.221. The van der Waals surface area contributed by atoms with Crippen LogP contribution >= 0.6 is 0 Å². The van der Waals surface area contributed by atoms with Gasteiger partial charge in [0.2, 0.25) is 0 Å². The van der Waals surface area contributed by atoms with Gasteiger partial charge in [-0.15, -0.1) is 0 Å². The SMILES string of the molecule is C=COC(=O)OCC(O)COC(=O)C(=C)C. The number of carbonyl (C=O) groups excluding carboxylic acids is 2. The molecule has 0 saturated carbocycles. The van der Waals surface area contributed by atoms with E-state index >= 15 is 0 Å². The molecule has 0 saturated heterocycles. The smallest absolute Gasteiger partial charge is 0.459 e. The van der Waals surface area contributed by atoms with E-state index in [1.54, 1.807) is 0 Å². The van der Waals surface area contributed by atoms with Crippen LogP contribution < -0.4 is 0 Å². The summed E-state index contributed by atoms with van der Waals surface area (Å²) >= 11 is 0. The molecule has 1 N–H and O–H groups in total. The van der Waals surface area contributed by atoms with Crippen LogP contribution in [-0.4, -0.2) is 36.5 Å². The van der Waals surface area contributed by atoms with Gasteiger partial charge in [0, 0.05) is 5.57 Å². The van der Waals surface area contributed by atoms with Gasteiger partial charge in [0.15, 0.2) is 0 Å². The topological polar surface area (TPSA) is 82.1 Å². The molecule has 0 aliphatic rings. The Morgan fingerprint density at radius 2 is 1.94 bits per heavy atom. The number of esters is 1. The number of rotatable bonds is 6. The summed E-state index contributed by atoms with van der Waals surface area (Å²) in [5, 5.41) is 9.23. The van der Waals surface area contributed by atoms with Crippen LogP contribution in [0.4, 0.5) is 4.79 Å². The standard InChI is InChI=1S/C10H14O6/c1-4-14-10(13)16-6-8(11)5-15-9(12)7(2)3/h4,8,11H,1-2,5-6H2,3H3. The molecule has 1 atom stereocenters. The summed E-state index contributed by atoms with van der Waals surface area (Å²) in [4.78, 5) is 21.6. The van der Waals surface area contributed by atoms with Gasteiger partial charge in [-0.3, -0.25) is 0 Å². The summed E-state index contributed by atoms with van der Waals surface area (Å²) in [6.07, 6.45) is -1.20. The zero-order valence-electron chi connectivity index (χ0n) is 8.97. The van der Waals surface area contributed by atoms with Crippen molar-refractivity contribution < 1.29 is 28.9 Å². The maximum Gasteiger partial charge on any atom is 0.513 e. The largest absolute Gasteiger partial charge is 0.513 e. The molecule has 6 heteroatoms. The molecule has 0 aliphatic heterocycles. The Hall–Kier alpha value is -1.82. The highest BCUT2D eigenvalue weighted by molar-refractivity contribution is 5.86. The molecule has 90 valence electrons. The molecule has 0 aromatic rings. The minimum atomic E-state index is -1.11. The molecule has 0 amide bonds. The molecule has 0 aromatic carbocycles. The second kappa shape index (κ2) is 7.47. The monoisotopic (exact) mass is 230 g/mol. The van der Waals surface area contributed by atoms with Gasteiger partial charge in [0.1, 0.15) is 19.3 Å². The van der Waals surface area contributed by atoms with Gasteiger partial charge in [-0.05, 0) is 6.92 Å². The van der Waals surface area contributed by atoms with Gasteiger partial charge >= 0.3 is 12.1 Å². The number of ether oxygens (including phenoxy) is 3. The van der Waals surface area contributed by atoms with Crippen LogP contribution in [0.15, 0.2) is 25.0 Å². The van der Waals surface area contributed by atoms with E-state index in [1.165, 1.54) is 6.92 Å². The average Bonchev–Trinajstić information content (AvgIpc) is 2.23. The van der Waals surface area contributed by atoms with Crippen molar-refractivity contribution in [3.63, 3.8) is 0 Å². The number of aliphatic hydroxyl groups is 1. The van der Waals surface area contributed by atoms with E-state index in [0.29, 0.717) is 0 Å². The lowest BCUT2D eigenvalue weighted by Gasteiger charge is -2.10. The van der Waals surface area contributed by atoms with E-state index in [4.69, 9.17) is 0 Å². The molecule has 0 aliphatic carbocycles. The fourth-order valence-electron chi connectivity index (χ4n) is 0.609. The van der Waals surface area contributed by atoms with Crippen molar-refractivity contribution in [2.45, 2.75) is 13.0 Å². The molecule has 1 unspecified atom stereocenters. The van der Waals surface area contributed by atoms with E-state index in [-0.39, 0.29) is 18.8 Å². The summed E-state index contributed by atoms with van der Waals surface area (Å²) < 4.78 is 13.3. The molecule has 0 bridgehead atoms. The molecule has 0 radical (unpaired) electrons. The Kier molecular flexibility index (Phi) is 6.62. The van der Waals surface area contributed by atoms with Gasteiger partial charge in [0.05, 0.1) is 6.26 Å². The Morgan fingerprint density at radius 3 is 2.44 bits per heavy atom. The highest BCUT2D eigenvalue weighted by Gasteiger charge is 2.12. The summed E-state index contributed by atoms with van der Waals surface area (Å²) in [7, 11) is 0. The van der Waals surface area contributed by atoms with Gasteiger partial charge in [-0.25, -0.2) is 9.59 Å². The zero-order valence-corrected chi connectivity index (χ0v) is 8.97. The molecule has 0 heterocycles. The number of carbonyl (C=O) groups is 2. The highest BCUT2D eigenvalue weighted by atomic mass is 16.7. The van der Waals surface area contributed by atoms with E-state index in [2.05, 4.69) is 27.4 Å². The van der Waals surface area contributed by atoms with Crippen molar-refractivity contribution in [3.8, 4) is 0 Å². The molecule has 16 heavy (non-hydrogen) atoms. The lowest BCUT2D eigenvalue weighted by molar-refractivity contribution is -0.142. The predicted octanol–water partition coefficient (Wildman–Crippen LogP) is 0.763. The normalized spacial score (nSPS) is 11.1. The first-order valence-corrected chi connectivity index (χ1v) is 4.42. The Balaban J connectivity index is 3.70. The van der Waals surface area contributed by atoms with E-state index in [0.717, 1.165) is 6.26 Å². The second-order valence-electron chi connectivity index (χ2n) is 2.88. The van der Waals surface area contributed by atoms with Crippen molar-refractivity contribution in [1.82, 2.24) is 0 Å². The molecule has 0 aromatic heterocycles. The molecular weight excluding hydrogens is 216 g/mol. The summed E-state index contributed by atoms with van der Waals surface area (Å²) in [6.45, 7) is 7.36. The predicted molar refractivity (Wildman–Crippen MR) is 54.4 cm³/mol. The van der Waals surface area contributed by atoms with Crippen LogP contribution in [0.1, 0.15) is 6.92 Å². The molecule has 0 fully saturated rings. The van der Waals surface area contributed by atoms with E-state index in [1.807, 2.05) is 0 Å². The van der Waals surface area contributed by atoms with Gasteiger partial charge in [-0.2, -0.15) is 0 Å². The molecule has 6 nitrogen and oxygen atoms in total. The third kappa shape index (κ3) is 6.61. The minimum absolute atomic E-state index is 0.221. The van der Waals surface area contributed by atoms with Crippen LogP contribution in [0, 0.1) is 0 Å². The maximum atomic E-state index is 10.9. The third-order valence-corrected chi connectivity index (χ3v) is 1.33. The van der Waals surface area contributed by atoms with Crippen molar-refractivity contribution in [2.24, 2.45) is 0 Å². The maximum absolute atomic E-state index is 10.9. The van der Waals surface area contributed by atoms with Crippen molar-refractivity contribution >= 4 is 12.1 Å². The van der Waals surface area contributed by atoms with Crippen LogP contribution in [0.3, 0.4) is 0 Å². The van der Waals surface area contributed by atoms with E-state index < -0.39 is 18.2 Å². The fourth-order valence-corrected chi connectivity index (χ4v) is 0.609. The third-order valence-electron chi connectivity index (χ3n) is 1.33. The zero-order chi connectivity index (χ0) is 12.6. The lowest BCUT2D eigenvalue weighted by Crippen LogP contribution is -2.25. The van der Waals surface area contributed by atoms with Crippen LogP contribution in [0.2, 0.25) is 0 Å². The van der Waals surface area contributed by atoms with Gasteiger partial charge in [0.25, 0.3) is 0 Å². The molecule has 0 spiro atoms. The van der Waals surface area contributed by atoms with Gasteiger partial charge in [-0.1, -0.05) is 13.2 Å². The first-order valence-electron chi connectivity index (χ1n) is 4.42. The number of aliphatic hydroxyl groups excluding tert-OH is 1. The second-order valence-corrected chi connectivity index (χ2v) is 2.88. The Morgan fingerprint density at radius 1 is 1.38 bits per heavy atom. The first-order chi connectivity index (χ1) is 7.47. The highest BCUT2D eigenvalue weighted by Crippen LogP contribution is 1.96. The van der Waals surface area contributed by atoms with Crippen molar-refractivity contribution in [3.05, 3.63) is 25.0 Å².